The number of halogens is 1. The SMILES string of the molecule is N=C/C(F)=C\Nc1ccc(CN2Cc3ccnc(OCC4CCCO4)c3C2=O)cc1. The zero-order chi connectivity index (χ0) is 20.9. The zero-order valence-electron chi connectivity index (χ0n) is 16.4. The minimum Gasteiger partial charge on any atom is -0.474 e. The van der Waals surface area contributed by atoms with E-state index in [2.05, 4.69) is 10.3 Å². The van der Waals surface area contributed by atoms with Gasteiger partial charge in [-0.25, -0.2) is 9.37 Å². The van der Waals surface area contributed by atoms with Crippen LogP contribution in [0.15, 0.2) is 48.6 Å². The first-order valence-electron chi connectivity index (χ1n) is 9.87. The molecule has 1 saturated heterocycles. The number of fused-ring (bicyclic) bond motifs is 1. The summed E-state index contributed by atoms with van der Waals surface area (Å²) in [5.41, 5.74) is 3.08. The van der Waals surface area contributed by atoms with Gasteiger partial charge in [0.05, 0.1) is 12.3 Å². The van der Waals surface area contributed by atoms with E-state index in [1.54, 1.807) is 23.2 Å². The highest BCUT2D eigenvalue weighted by molar-refractivity contribution is 6.00. The smallest absolute Gasteiger partial charge is 0.260 e. The molecule has 1 amide bonds. The number of hydrogen-bond acceptors (Lipinski definition) is 6. The standard InChI is InChI=1S/C22H23FN4O3/c23-17(10-24)11-26-18-5-3-15(4-6-18)12-27-13-16-7-8-25-21(20(16)22(27)28)30-14-19-2-1-9-29-19/h3-8,10-11,19,24,26H,1-2,9,12-14H2/b17-11+,24-10?. The maximum Gasteiger partial charge on any atom is 0.260 e. The molecule has 30 heavy (non-hydrogen) atoms. The number of nitrogens with one attached hydrogen (secondary N) is 2. The molecule has 0 saturated carbocycles. The van der Waals surface area contributed by atoms with Crippen LogP contribution in [-0.4, -0.2) is 41.3 Å². The third-order valence-electron chi connectivity index (χ3n) is 5.14. The molecule has 4 rings (SSSR count). The van der Waals surface area contributed by atoms with Gasteiger partial charge in [0.25, 0.3) is 5.91 Å². The molecule has 3 heterocycles. The van der Waals surface area contributed by atoms with Crippen molar-refractivity contribution in [3.05, 3.63) is 65.2 Å². The lowest BCUT2D eigenvalue weighted by atomic mass is 10.2. The van der Waals surface area contributed by atoms with Crippen molar-refractivity contribution in [2.45, 2.75) is 32.0 Å². The molecule has 156 valence electrons. The fraction of sp³-hybridized carbons (Fsp3) is 0.318. The topological polar surface area (TPSA) is 87.5 Å². The molecule has 2 aromatic rings. The Morgan fingerprint density at radius 3 is 2.93 bits per heavy atom. The number of hydrogen-bond donors (Lipinski definition) is 2. The van der Waals surface area contributed by atoms with Gasteiger partial charge in [0, 0.05) is 37.8 Å². The van der Waals surface area contributed by atoms with Crippen LogP contribution in [0.4, 0.5) is 10.1 Å². The van der Waals surface area contributed by atoms with Gasteiger partial charge in [-0.15, -0.1) is 0 Å². The minimum atomic E-state index is -0.661. The summed E-state index contributed by atoms with van der Waals surface area (Å²) in [7, 11) is 0. The third kappa shape index (κ3) is 4.49. The van der Waals surface area contributed by atoms with Crippen molar-refractivity contribution in [1.82, 2.24) is 9.88 Å². The first-order valence-corrected chi connectivity index (χ1v) is 9.87. The maximum absolute atomic E-state index is 13.0. The van der Waals surface area contributed by atoms with E-state index in [0.717, 1.165) is 36.8 Å². The predicted octanol–water partition coefficient (Wildman–Crippen LogP) is 3.67. The van der Waals surface area contributed by atoms with Crippen LogP contribution in [0.25, 0.3) is 0 Å². The normalized spacial score (nSPS) is 18.4. The molecule has 2 N–H and O–H groups in total. The van der Waals surface area contributed by atoms with E-state index in [1.807, 2.05) is 18.2 Å². The third-order valence-corrected chi connectivity index (χ3v) is 5.14. The van der Waals surface area contributed by atoms with Crippen molar-refractivity contribution in [1.29, 1.82) is 5.41 Å². The highest BCUT2D eigenvalue weighted by atomic mass is 19.1. The number of anilines is 1. The van der Waals surface area contributed by atoms with Gasteiger partial charge >= 0.3 is 0 Å². The van der Waals surface area contributed by atoms with E-state index < -0.39 is 5.83 Å². The summed E-state index contributed by atoms with van der Waals surface area (Å²) in [6.07, 6.45) is 5.47. The van der Waals surface area contributed by atoms with E-state index in [4.69, 9.17) is 14.9 Å². The van der Waals surface area contributed by atoms with Crippen LogP contribution >= 0.6 is 0 Å². The average molecular weight is 410 g/mol. The molecule has 0 radical (unpaired) electrons. The lowest BCUT2D eigenvalue weighted by Crippen LogP contribution is -2.24. The predicted molar refractivity (Wildman–Crippen MR) is 110 cm³/mol. The molecule has 1 unspecified atom stereocenters. The Balaban J connectivity index is 1.40. The number of pyridine rings is 1. The highest BCUT2D eigenvalue weighted by Crippen LogP contribution is 2.30. The van der Waals surface area contributed by atoms with Crippen LogP contribution in [-0.2, 0) is 17.8 Å². The Hall–Kier alpha value is -3.26. The lowest BCUT2D eigenvalue weighted by molar-refractivity contribution is 0.0643. The Bertz CT molecular complexity index is 955. The molecule has 0 bridgehead atoms. The number of benzene rings is 1. The van der Waals surface area contributed by atoms with E-state index in [9.17, 15) is 9.18 Å². The number of ether oxygens (including phenoxy) is 2. The van der Waals surface area contributed by atoms with Gasteiger partial charge < -0.3 is 25.1 Å². The molecule has 1 fully saturated rings. The van der Waals surface area contributed by atoms with Gasteiger partial charge in [-0.05, 0) is 42.2 Å². The fourth-order valence-corrected chi connectivity index (χ4v) is 3.58. The summed E-state index contributed by atoms with van der Waals surface area (Å²) < 4.78 is 24.4. The van der Waals surface area contributed by atoms with Crippen LogP contribution in [0.5, 0.6) is 5.88 Å². The second kappa shape index (κ2) is 9.04. The molecular weight excluding hydrogens is 387 g/mol. The van der Waals surface area contributed by atoms with Crippen molar-refractivity contribution >= 4 is 17.8 Å². The van der Waals surface area contributed by atoms with Gasteiger partial charge in [-0.3, -0.25) is 4.79 Å². The number of carbonyl (C=O) groups is 1. The van der Waals surface area contributed by atoms with E-state index in [1.165, 1.54) is 0 Å². The van der Waals surface area contributed by atoms with Crippen LogP contribution in [0.2, 0.25) is 0 Å². The van der Waals surface area contributed by atoms with Crippen molar-refractivity contribution < 1.29 is 18.7 Å². The van der Waals surface area contributed by atoms with Crippen molar-refractivity contribution in [2.24, 2.45) is 0 Å². The quantitative estimate of drug-likeness (QED) is 0.649. The summed E-state index contributed by atoms with van der Waals surface area (Å²) in [4.78, 5) is 19.0. The Kier molecular flexibility index (Phi) is 6.04. The number of allylic oxidation sites excluding steroid dienone is 1. The Morgan fingerprint density at radius 1 is 1.37 bits per heavy atom. The van der Waals surface area contributed by atoms with E-state index in [-0.39, 0.29) is 12.0 Å². The van der Waals surface area contributed by atoms with Gasteiger partial charge in [0.15, 0.2) is 5.83 Å². The van der Waals surface area contributed by atoms with Crippen LogP contribution < -0.4 is 10.1 Å². The van der Waals surface area contributed by atoms with Gasteiger partial charge in [0.2, 0.25) is 5.88 Å². The molecule has 1 aromatic heterocycles. The molecule has 7 nitrogen and oxygen atoms in total. The highest BCUT2D eigenvalue weighted by Gasteiger charge is 2.32. The van der Waals surface area contributed by atoms with Crippen LogP contribution in [0.3, 0.4) is 0 Å². The number of rotatable bonds is 8. The summed E-state index contributed by atoms with van der Waals surface area (Å²) in [6.45, 7) is 2.10. The lowest BCUT2D eigenvalue weighted by Gasteiger charge is -2.16. The molecule has 2 aliphatic rings. The number of carbonyl (C=O) groups excluding carboxylic acids is 1. The van der Waals surface area contributed by atoms with Crippen molar-refractivity contribution in [2.75, 3.05) is 18.5 Å². The van der Waals surface area contributed by atoms with Crippen molar-refractivity contribution in [3.63, 3.8) is 0 Å². The minimum absolute atomic E-state index is 0.0599. The first kappa shape index (κ1) is 20.0. The fourth-order valence-electron chi connectivity index (χ4n) is 3.58. The molecule has 2 aliphatic heterocycles. The van der Waals surface area contributed by atoms with Gasteiger partial charge in [0.1, 0.15) is 12.2 Å². The first-order chi connectivity index (χ1) is 14.6. The molecule has 0 spiro atoms. The number of nitrogens with zero attached hydrogens (tertiary/aromatic N) is 2. The maximum atomic E-state index is 13.0. The largest absolute Gasteiger partial charge is 0.474 e. The summed E-state index contributed by atoms with van der Waals surface area (Å²) >= 11 is 0. The van der Waals surface area contributed by atoms with E-state index in [0.29, 0.717) is 43.0 Å². The Morgan fingerprint density at radius 2 is 2.20 bits per heavy atom. The second-order valence-corrected chi connectivity index (χ2v) is 7.27. The zero-order valence-corrected chi connectivity index (χ0v) is 16.4. The summed E-state index contributed by atoms with van der Waals surface area (Å²) in [6, 6.07) is 9.20. The summed E-state index contributed by atoms with van der Waals surface area (Å²) in [5, 5.41) is 9.61. The molecule has 1 aromatic carbocycles. The molecule has 8 heteroatoms. The second-order valence-electron chi connectivity index (χ2n) is 7.27. The molecular formula is C22H23FN4O3. The van der Waals surface area contributed by atoms with Gasteiger partial charge in [-0.2, -0.15) is 0 Å². The monoisotopic (exact) mass is 410 g/mol. The van der Waals surface area contributed by atoms with Crippen molar-refractivity contribution in [3.8, 4) is 5.88 Å². The Labute approximate surface area is 174 Å². The van der Waals surface area contributed by atoms with Crippen LogP contribution in [0, 0.1) is 5.41 Å². The number of amides is 1. The van der Waals surface area contributed by atoms with E-state index >= 15 is 0 Å². The average Bonchev–Trinajstić information content (AvgIpc) is 3.40. The molecule has 0 aliphatic carbocycles. The van der Waals surface area contributed by atoms with Gasteiger partial charge in [-0.1, -0.05) is 12.1 Å². The van der Waals surface area contributed by atoms with Crippen LogP contribution in [0.1, 0.15) is 34.3 Å². The summed E-state index contributed by atoms with van der Waals surface area (Å²) in [5.74, 6) is -0.390. The number of aromatic nitrogens is 1. The molecule has 1 atom stereocenters.